The molecule has 0 aromatic heterocycles. The Morgan fingerprint density at radius 2 is 1.70 bits per heavy atom. The molecular weight excluding hydrogens is 150 g/mol. The van der Waals surface area contributed by atoms with Crippen LogP contribution < -0.4 is 5.32 Å². The summed E-state index contributed by atoms with van der Waals surface area (Å²) in [6, 6.07) is 1.33. The SMILES string of the molecule is Cl.O=C1CC2CCC(C1)[NH2+]2. The number of ketones is 1. The lowest BCUT2D eigenvalue weighted by molar-refractivity contribution is -0.703. The standard InChI is InChI=1S/C7H11NO.ClH/c9-7-3-5-1-2-6(4-7)8-5;/h5-6,8H,1-4H2;1H/p+1. The molecule has 58 valence electrons. The molecule has 2 fully saturated rings. The van der Waals surface area contributed by atoms with Crippen molar-refractivity contribution in [3.63, 3.8) is 0 Å². The minimum absolute atomic E-state index is 0. The normalized spacial score (nSPS) is 37.4. The number of hydrogen-bond acceptors (Lipinski definition) is 1. The lowest BCUT2D eigenvalue weighted by atomic mass is 10.1. The molecule has 2 aliphatic heterocycles. The first kappa shape index (κ1) is 8.02. The van der Waals surface area contributed by atoms with Gasteiger partial charge in [0.1, 0.15) is 5.78 Å². The van der Waals surface area contributed by atoms with Crippen LogP contribution in [0.25, 0.3) is 0 Å². The predicted octanol–water partition coefficient (Wildman–Crippen LogP) is -0.134. The lowest BCUT2D eigenvalue weighted by Crippen LogP contribution is -2.93. The van der Waals surface area contributed by atoms with E-state index in [1.807, 2.05) is 0 Å². The fraction of sp³-hybridized carbons (Fsp3) is 0.857. The van der Waals surface area contributed by atoms with Crippen LogP contribution in [0, 0.1) is 0 Å². The van der Waals surface area contributed by atoms with E-state index in [9.17, 15) is 4.79 Å². The fourth-order valence-electron chi connectivity index (χ4n) is 2.01. The van der Waals surface area contributed by atoms with Crippen molar-refractivity contribution in [3.05, 3.63) is 0 Å². The summed E-state index contributed by atoms with van der Waals surface area (Å²) in [5, 5.41) is 2.38. The van der Waals surface area contributed by atoms with Gasteiger partial charge in [-0.2, -0.15) is 0 Å². The molecule has 2 nitrogen and oxygen atoms in total. The molecule has 0 aliphatic carbocycles. The van der Waals surface area contributed by atoms with Crippen LogP contribution in [0.2, 0.25) is 0 Å². The maximum absolute atomic E-state index is 10.9. The largest absolute Gasteiger partial charge is 0.341 e. The van der Waals surface area contributed by atoms with Gasteiger partial charge in [-0.05, 0) is 0 Å². The van der Waals surface area contributed by atoms with Gasteiger partial charge in [-0.1, -0.05) is 0 Å². The molecule has 2 bridgehead atoms. The van der Waals surface area contributed by atoms with Crippen molar-refractivity contribution in [2.75, 3.05) is 0 Å². The monoisotopic (exact) mass is 162 g/mol. The van der Waals surface area contributed by atoms with Gasteiger partial charge < -0.3 is 5.32 Å². The molecule has 10 heavy (non-hydrogen) atoms. The Labute approximate surface area is 66.8 Å². The maximum atomic E-state index is 10.9. The predicted molar refractivity (Wildman–Crippen MR) is 40.2 cm³/mol. The zero-order valence-corrected chi connectivity index (χ0v) is 6.69. The van der Waals surface area contributed by atoms with Crippen LogP contribution in [-0.2, 0) is 4.79 Å². The molecule has 2 rings (SSSR count). The topological polar surface area (TPSA) is 33.7 Å². The Balaban J connectivity index is 0.000000500. The summed E-state index contributed by atoms with van der Waals surface area (Å²) in [7, 11) is 0. The minimum Gasteiger partial charge on any atom is -0.341 e. The highest BCUT2D eigenvalue weighted by Crippen LogP contribution is 2.17. The van der Waals surface area contributed by atoms with Gasteiger partial charge in [0, 0.05) is 12.8 Å². The summed E-state index contributed by atoms with van der Waals surface area (Å²) in [6.45, 7) is 0. The molecule has 0 saturated carbocycles. The van der Waals surface area contributed by atoms with E-state index in [-0.39, 0.29) is 12.4 Å². The van der Waals surface area contributed by atoms with Gasteiger partial charge in [0.05, 0.1) is 24.9 Å². The number of fused-ring (bicyclic) bond motifs is 2. The van der Waals surface area contributed by atoms with E-state index in [1.165, 1.54) is 12.8 Å². The molecule has 2 aliphatic rings. The molecule has 0 radical (unpaired) electrons. The van der Waals surface area contributed by atoms with Crippen molar-refractivity contribution in [3.8, 4) is 0 Å². The van der Waals surface area contributed by atoms with Gasteiger partial charge in [0.25, 0.3) is 0 Å². The van der Waals surface area contributed by atoms with Gasteiger partial charge in [-0.25, -0.2) is 0 Å². The molecule has 0 aromatic rings. The van der Waals surface area contributed by atoms with Crippen molar-refractivity contribution in [1.82, 2.24) is 0 Å². The number of Topliss-reactive ketones (excluding diaryl/α,β-unsaturated/α-hetero) is 1. The number of rotatable bonds is 0. The molecule has 2 unspecified atom stereocenters. The first-order valence-electron chi connectivity index (χ1n) is 3.71. The number of piperidine rings is 1. The highest BCUT2D eigenvalue weighted by molar-refractivity contribution is 5.85. The average Bonchev–Trinajstić information content (AvgIpc) is 2.11. The quantitative estimate of drug-likeness (QED) is 0.529. The van der Waals surface area contributed by atoms with Crippen LogP contribution >= 0.6 is 12.4 Å². The maximum Gasteiger partial charge on any atom is 0.144 e. The van der Waals surface area contributed by atoms with Gasteiger partial charge in [0.15, 0.2) is 0 Å². The Hall–Kier alpha value is -0.0800. The van der Waals surface area contributed by atoms with E-state index in [0.717, 1.165) is 12.8 Å². The van der Waals surface area contributed by atoms with Crippen molar-refractivity contribution in [2.24, 2.45) is 0 Å². The van der Waals surface area contributed by atoms with E-state index < -0.39 is 0 Å². The second kappa shape index (κ2) is 2.89. The van der Waals surface area contributed by atoms with Crippen LogP contribution in [0.5, 0.6) is 0 Å². The molecular formula is C7H13ClNO+. The second-order valence-electron chi connectivity index (χ2n) is 3.24. The molecule has 2 N–H and O–H groups in total. The minimum atomic E-state index is 0. The molecule has 2 heterocycles. The summed E-state index contributed by atoms with van der Waals surface area (Å²) < 4.78 is 0. The summed E-state index contributed by atoms with van der Waals surface area (Å²) in [5.74, 6) is 0.491. The number of hydrogen-bond donors (Lipinski definition) is 1. The summed E-state index contributed by atoms with van der Waals surface area (Å²) in [6.07, 6.45) is 4.24. The highest BCUT2D eigenvalue weighted by atomic mass is 35.5. The van der Waals surface area contributed by atoms with Crippen molar-refractivity contribution in [1.29, 1.82) is 0 Å². The molecule has 2 saturated heterocycles. The number of nitrogens with two attached hydrogens (primary N) is 1. The number of quaternary nitrogens is 1. The Bertz CT molecular complexity index is 135. The Morgan fingerprint density at radius 1 is 1.20 bits per heavy atom. The van der Waals surface area contributed by atoms with Gasteiger partial charge >= 0.3 is 0 Å². The molecule has 0 aromatic carbocycles. The molecule has 0 spiro atoms. The summed E-state index contributed by atoms with van der Waals surface area (Å²) in [4.78, 5) is 10.9. The first-order chi connectivity index (χ1) is 4.34. The van der Waals surface area contributed by atoms with Crippen molar-refractivity contribution >= 4 is 18.2 Å². The third-order valence-electron chi connectivity index (χ3n) is 2.43. The van der Waals surface area contributed by atoms with Crippen molar-refractivity contribution in [2.45, 2.75) is 37.8 Å². The molecule has 0 amide bonds. The van der Waals surface area contributed by atoms with E-state index in [0.29, 0.717) is 17.9 Å². The van der Waals surface area contributed by atoms with Crippen LogP contribution in [0.1, 0.15) is 25.7 Å². The fourth-order valence-corrected chi connectivity index (χ4v) is 2.01. The Morgan fingerprint density at radius 3 is 2.20 bits per heavy atom. The lowest BCUT2D eigenvalue weighted by Gasteiger charge is -2.15. The Kier molecular flexibility index (Phi) is 2.32. The van der Waals surface area contributed by atoms with E-state index in [2.05, 4.69) is 5.32 Å². The third-order valence-corrected chi connectivity index (χ3v) is 2.43. The smallest absolute Gasteiger partial charge is 0.144 e. The second-order valence-corrected chi connectivity index (χ2v) is 3.24. The van der Waals surface area contributed by atoms with Crippen LogP contribution in [0.15, 0.2) is 0 Å². The van der Waals surface area contributed by atoms with E-state index in [4.69, 9.17) is 0 Å². The molecule has 3 heteroatoms. The first-order valence-corrected chi connectivity index (χ1v) is 3.71. The van der Waals surface area contributed by atoms with Crippen LogP contribution in [0.3, 0.4) is 0 Å². The van der Waals surface area contributed by atoms with Gasteiger partial charge in [0.2, 0.25) is 0 Å². The van der Waals surface area contributed by atoms with Crippen LogP contribution in [-0.4, -0.2) is 17.9 Å². The van der Waals surface area contributed by atoms with E-state index in [1.54, 1.807) is 0 Å². The van der Waals surface area contributed by atoms with Crippen molar-refractivity contribution < 1.29 is 10.1 Å². The third kappa shape index (κ3) is 1.32. The number of carbonyl (C=O) groups is 1. The van der Waals surface area contributed by atoms with E-state index >= 15 is 0 Å². The number of carbonyl (C=O) groups excluding carboxylic acids is 1. The van der Waals surface area contributed by atoms with Gasteiger partial charge in [-0.15, -0.1) is 12.4 Å². The molecule has 2 atom stereocenters. The summed E-state index contributed by atoms with van der Waals surface area (Å²) in [5.41, 5.74) is 0. The summed E-state index contributed by atoms with van der Waals surface area (Å²) >= 11 is 0. The zero-order valence-electron chi connectivity index (χ0n) is 5.88. The highest BCUT2D eigenvalue weighted by Gasteiger charge is 2.35. The van der Waals surface area contributed by atoms with Gasteiger partial charge in [-0.3, -0.25) is 4.79 Å². The van der Waals surface area contributed by atoms with Crippen LogP contribution in [0.4, 0.5) is 0 Å². The average molecular weight is 163 g/mol. The zero-order chi connectivity index (χ0) is 6.27. The number of halogens is 1.